The number of methoxy groups -OCH3 is 2. The van der Waals surface area contributed by atoms with Gasteiger partial charge in [-0.3, -0.25) is 0 Å². The molecule has 0 fully saturated rings. The molecule has 0 unspecified atom stereocenters. The smallest absolute Gasteiger partial charge is 0.498 e. The number of hydrogen-bond donors (Lipinski definition) is 0. The molecule has 0 aliphatic carbocycles. The van der Waals surface area contributed by atoms with Gasteiger partial charge in [-0.25, -0.2) is 0 Å². The summed E-state index contributed by atoms with van der Waals surface area (Å²) in [6.45, 7) is -5.09. The molecule has 8 heteroatoms. The summed E-state index contributed by atoms with van der Waals surface area (Å²) in [5.74, 6) is 0.0532. The molecule has 0 N–H and O–H groups in total. The van der Waals surface area contributed by atoms with Crippen molar-refractivity contribution >= 4 is 28.4 Å². The Morgan fingerprint density at radius 2 is 1.69 bits per heavy atom. The van der Waals surface area contributed by atoms with Crippen LogP contribution in [0.5, 0.6) is 11.5 Å². The van der Waals surface area contributed by atoms with Gasteiger partial charge in [-0.2, -0.15) is 0 Å². The normalized spacial score (nSPS) is 10.6. The van der Waals surface area contributed by atoms with Crippen LogP contribution in [-0.4, -0.2) is 21.2 Å². The monoisotopic (exact) mass is 322 g/mol. The van der Waals surface area contributed by atoms with E-state index in [1.165, 1.54) is 20.3 Å². The van der Waals surface area contributed by atoms with Gasteiger partial charge in [0.1, 0.15) is 11.5 Å². The number of ether oxygens (including phenoxy) is 2. The Bertz CT molecular complexity index is 373. The van der Waals surface area contributed by atoms with Crippen molar-refractivity contribution in [3.63, 3.8) is 0 Å². The van der Waals surface area contributed by atoms with Crippen LogP contribution in [0.3, 0.4) is 0 Å². The Kier molecular flexibility index (Phi) is 6.98. The Labute approximate surface area is 142 Å². The second kappa shape index (κ2) is 6.65. The molecule has 0 amide bonds. The number of benzene rings is 1. The summed E-state index contributed by atoms with van der Waals surface area (Å²) in [5, 5.41) is 0. The van der Waals surface area contributed by atoms with E-state index in [1.807, 2.05) is 0 Å². The second-order valence-electron chi connectivity index (χ2n) is 2.78. The molecule has 2 nitrogen and oxygen atoms in total. The molecule has 16 heavy (non-hydrogen) atoms. The van der Waals surface area contributed by atoms with Gasteiger partial charge in [0, 0.05) is 0 Å². The molecule has 0 aromatic heterocycles. The number of rotatable bonds is 3. The zero-order chi connectivity index (χ0) is 11.6. The molecule has 0 heterocycles. The van der Waals surface area contributed by atoms with Crippen molar-refractivity contribution in [1.29, 1.82) is 0 Å². The molecule has 0 bridgehead atoms. The Balaban J connectivity index is 0.00000225. The Morgan fingerprint density at radius 3 is 2.06 bits per heavy atom. The van der Waals surface area contributed by atoms with Gasteiger partial charge in [0.25, 0.3) is 0 Å². The fourth-order valence-electron chi connectivity index (χ4n) is 1.18. The van der Waals surface area contributed by atoms with Crippen molar-refractivity contribution in [3.8, 4) is 11.5 Å². The molecular weight excluding hydrogens is 315 g/mol. The third-order valence-electron chi connectivity index (χ3n) is 1.87. The first-order valence-electron chi connectivity index (χ1n) is 4.02. The van der Waals surface area contributed by atoms with Gasteiger partial charge in [-0.1, -0.05) is 11.5 Å². The van der Waals surface area contributed by atoms with Crippen LogP contribution in [0.15, 0.2) is 16.6 Å². The standard InChI is InChI=1S/C8H8BBrF3O2.K/c1-14-6-4-3-5(9(11,12)13)8(15-2)7(6)10;/h3-4H,1-2H3;/q-1;+1. The Morgan fingerprint density at radius 1 is 1.12 bits per heavy atom. The topological polar surface area (TPSA) is 18.5 Å². The molecule has 1 aromatic carbocycles. The third-order valence-corrected chi connectivity index (χ3v) is 2.62. The zero-order valence-electron chi connectivity index (χ0n) is 9.06. The predicted molar refractivity (Wildman–Crippen MR) is 56.0 cm³/mol. The van der Waals surface area contributed by atoms with Gasteiger partial charge in [-0.15, -0.1) is 0 Å². The fraction of sp³-hybridized carbons (Fsp3) is 0.250. The molecule has 0 radical (unpaired) electrons. The number of halogens is 4. The van der Waals surface area contributed by atoms with Gasteiger partial charge in [0.15, 0.2) is 0 Å². The van der Waals surface area contributed by atoms with E-state index in [9.17, 15) is 12.9 Å². The van der Waals surface area contributed by atoms with Crippen molar-refractivity contribution in [1.82, 2.24) is 0 Å². The zero-order valence-corrected chi connectivity index (χ0v) is 13.8. The van der Waals surface area contributed by atoms with Crippen LogP contribution in [0.2, 0.25) is 0 Å². The van der Waals surface area contributed by atoms with E-state index in [2.05, 4.69) is 15.9 Å². The Hall–Kier alpha value is 0.791. The maximum Gasteiger partial charge on any atom is 1.00 e. The van der Waals surface area contributed by atoms with Crippen LogP contribution < -0.4 is 66.3 Å². The van der Waals surface area contributed by atoms with Crippen molar-refractivity contribution in [2.75, 3.05) is 14.2 Å². The predicted octanol–water partition coefficient (Wildman–Crippen LogP) is -0.475. The molecule has 0 aliphatic heterocycles. The first kappa shape index (κ1) is 16.8. The van der Waals surface area contributed by atoms with E-state index < -0.39 is 12.4 Å². The van der Waals surface area contributed by atoms with E-state index in [4.69, 9.17) is 9.47 Å². The third kappa shape index (κ3) is 3.64. The minimum Gasteiger partial charge on any atom is -0.498 e. The number of hydrogen-bond acceptors (Lipinski definition) is 2. The maximum absolute atomic E-state index is 12.6. The minimum atomic E-state index is -5.09. The molecular formula is C8H8BBrF3KO2. The van der Waals surface area contributed by atoms with Gasteiger partial charge >= 0.3 is 58.4 Å². The van der Waals surface area contributed by atoms with Crippen molar-refractivity contribution < 1.29 is 73.8 Å². The van der Waals surface area contributed by atoms with E-state index in [0.717, 1.165) is 6.07 Å². The fourth-order valence-corrected chi connectivity index (χ4v) is 1.86. The van der Waals surface area contributed by atoms with Gasteiger partial charge in [-0.05, 0) is 22.0 Å². The first-order valence-corrected chi connectivity index (χ1v) is 4.81. The van der Waals surface area contributed by atoms with Crippen LogP contribution in [0.1, 0.15) is 0 Å². The molecule has 0 saturated heterocycles. The van der Waals surface area contributed by atoms with Gasteiger partial charge < -0.3 is 22.4 Å². The SMILES string of the molecule is COc1ccc([B-](F)(F)F)c(OC)c1Br.[K+]. The molecule has 0 atom stereocenters. The van der Waals surface area contributed by atoms with E-state index in [-0.39, 0.29) is 61.6 Å². The van der Waals surface area contributed by atoms with Crippen LogP contribution >= 0.6 is 15.9 Å². The molecule has 1 aromatic rings. The largest absolute Gasteiger partial charge is 1.00 e. The van der Waals surface area contributed by atoms with Crippen molar-refractivity contribution in [2.24, 2.45) is 0 Å². The quantitative estimate of drug-likeness (QED) is 0.700. The average molecular weight is 323 g/mol. The molecule has 0 aliphatic rings. The summed E-state index contributed by atoms with van der Waals surface area (Å²) in [4.78, 5) is 0. The van der Waals surface area contributed by atoms with E-state index >= 15 is 0 Å². The van der Waals surface area contributed by atoms with Crippen LogP contribution in [0, 0.1) is 0 Å². The van der Waals surface area contributed by atoms with E-state index in [0.29, 0.717) is 5.75 Å². The summed E-state index contributed by atoms with van der Waals surface area (Å²) in [7, 11) is 2.56. The second-order valence-corrected chi connectivity index (χ2v) is 3.57. The summed E-state index contributed by atoms with van der Waals surface area (Å²) < 4.78 is 47.5. The van der Waals surface area contributed by atoms with Crippen LogP contribution in [-0.2, 0) is 0 Å². The molecule has 1 rings (SSSR count). The van der Waals surface area contributed by atoms with Gasteiger partial charge in [0.05, 0.1) is 18.7 Å². The first-order chi connectivity index (χ1) is 6.91. The molecule has 0 saturated carbocycles. The van der Waals surface area contributed by atoms with Crippen molar-refractivity contribution in [2.45, 2.75) is 0 Å². The maximum atomic E-state index is 12.6. The minimum absolute atomic E-state index is 0. The van der Waals surface area contributed by atoms with Crippen molar-refractivity contribution in [3.05, 3.63) is 16.6 Å². The van der Waals surface area contributed by atoms with Gasteiger partial charge in [0.2, 0.25) is 0 Å². The van der Waals surface area contributed by atoms with E-state index in [1.54, 1.807) is 0 Å². The summed E-state index contributed by atoms with van der Waals surface area (Å²) >= 11 is 3.00. The summed E-state index contributed by atoms with van der Waals surface area (Å²) in [6, 6.07) is 2.19. The van der Waals surface area contributed by atoms with Crippen LogP contribution in [0.25, 0.3) is 0 Å². The summed E-state index contributed by atoms with van der Waals surface area (Å²) in [5.41, 5.74) is -0.773. The molecule has 0 spiro atoms. The summed E-state index contributed by atoms with van der Waals surface area (Å²) in [6.07, 6.45) is 0. The molecule has 84 valence electrons. The average Bonchev–Trinajstić information content (AvgIpc) is 2.15. The van der Waals surface area contributed by atoms with Crippen LogP contribution in [0.4, 0.5) is 12.9 Å².